The van der Waals surface area contributed by atoms with Crippen LogP contribution in [0.2, 0.25) is 0 Å². The molecular formula is C25H18N4O6S4. The van der Waals surface area contributed by atoms with E-state index in [0.29, 0.717) is 0 Å². The Morgan fingerprint density at radius 2 is 1.38 bits per heavy atom. The van der Waals surface area contributed by atoms with Crippen LogP contribution in [0.4, 0.5) is 17.2 Å². The number of sulfonamides is 2. The van der Waals surface area contributed by atoms with Crippen LogP contribution in [0.3, 0.4) is 0 Å². The third-order valence-corrected chi connectivity index (χ3v) is 9.96. The first kappa shape index (κ1) is 26.5. The normalized spacial score (nSPS) is 11.7. The Morgan fingerprint density at radius 1 is 0.718 bits per heavy atom. The molecule has 0 saturated heterocycles. The number of nitrogens with one attached hydrogen (secondary N) is 2. The number of anilines is 2. The lowest BCUT2D eigenvalue weighted by Gasteiger charge is -2.17. The fourth-order valence-corrected chi connectivity index (χ4v) is 7.20. The molecule has 5 aromatic rings. The summed E-state index contributed by atoms with van der Waals surface area (Å²) in [5.74, 6) is -0.434. The minimum atomic E-state index is -4.35. The Kier molecular flexibility index (Phi) is 7.18. The molecule has 0 radical (unpaired) electrons. The van der Waals surface area contributed by atoms with Crippen LogP contribution in [0.5, 0.6) is 0 Å². The van der Waals surface area contributed by atoms with E-state index in [0.717, 1.165) is 22.5 Å². The van der Waals surface area contributed by atoms with E-state index >= 15 is 0 Å². The highest BCUT2D eigenvalue weighted by Crippen LogP contribution is 2.40. The number of nitrogens with zero attached hydrogens (tertiary/aromatic N) is 2. The van der Waals surface area contributed by atoms with Gasteiger partial charge in [-0.05, 0) is 40.8 Å². The molecule has 0 bridgehead atoms. The number of hydrogen-bond donors (Lipinski definition) is 2. The van der Waals surface area contributed by atoms with Crippen molar-refractivity contribution in [1.82, 2.24) is 4.98 Å². The van der Waals surface area contributed by atoms with Gasteiger partial charge in [0.15, 0.2) is 5.82 Å². The van der Waals surface area contributed by atoms with E-state index in [1.807, 2.05) is 30.3 Å². The van der Waals surface area contributed by atoms with E-state index in [-0.39, 0.29) is 25.7 Å². The smallest absolute Gasteiger partial charge is 0.274 e. The summed E-state index contributed by atoms with van der Waals surface area (Å²) in [7, 11) is -11.5. The van der Waals surface area contributed by atoms with Crippen LogP contribution in [0.1, 0.15) is 0 Å². The van der Waals surface area contributed by atoms with Gasteiger partial charge in [0.25, 0.3) is 20.0 Å². The van der Waals surface area contributed by atoms with Crippen molar-refractivity contribution in [3.05, 3.63) is 96.4 Å². The van der Waals surface area contributed by atoms with E-state index < -0.39 is 42.1 Å². The SMILES string of the molecule is O=S(=O)=Nc1c(NS(=O)(=O)c2ccc(-c3ccccc3)cc2)c(NS(=O)(=O)c2cccs2)nc2ccccc12. The molecule has 0 atom stereocenters. The number of benzene rings is 3. The molecule has 2 aromatic heterocycles. The van der Waals surface area contributed by atoms with Crippen molar-refractivity contribution in [2.24, 2.45) is 4.36 Å². The molecule has 198 valence electrons. The van der Waals surface area contributed by atoms with Crippen molar-refractivity contribution < 1.29 is 25.3 Å². The Hall–Kier alpha value is -4.11. The van der Waals surface area contributed by atoms with Crippen LogP contribution in [-0.2, 0) is 30.5 Å². The lowest BCUT2D eigenvalue weighted by Crippen LogP contribution is -2.18. The average Bonchev–Trinajstić information content (AvgIpc) is 3.47. The van der Waals surface area contributed by atoms with Crippen LogP contribution in [0.15, 0.2) is 110 Å². The number of rotatable bonds is 8. The molecule has 0 aliphatic heterocycles. The maximum atomic E-state index is 13.5. The zero-order valence-corrected chi connectivity index (χ0v) is 23.0. The Bertz CT molecular complexity index is 2020. The van der Waals surface area contributed by atoms with Gasteiger partial charge in [-0.15, -0.1) is 15.7 Å². The molecule has 10 nitrogen and oxygen atoms in total. The lowest BCUT2D eigenvalue weighted by atomic mass is 10.1. The molecule has 14 heteroatoms. The van der Waals surface area contributed by atoms with E-state index in [9.17, 15) is 25.3 Å². The summed E-state index contributed by atoms with van der Waals surface area (Å²) >= 11 is 0.944. The molecular weight excluding hydrogens is 581 g/mol. The van der Waals surface area contributed by atoms with Crippen molar-refractivity contribution in [1.29, 1.82) is 0 Å². The fraction of sp³-hybridized carbons (Fsp3) is 0. The largest absolute Gasteiger partial charge is 0.316 e. The van der Waals surface area contributed by atoms with Gasteiger partial charge < -0.3 is 0 Å². The summed E-state index contributed by atoms with van der Waals surface area (Å²) in [6.45, 7) is 0. The maximum absolute atomic E-state index is 13.5. The molecule has 5 rings (SSSR count). The molecule has 0 amide bonds. The highest BCUT2D eigenvalue weighted by atomic mass is 32.2. The van der Waals surface area contributed by atoms with E-state index in [4.69, 9.17) is 0 Å². The molecule has 2 N–H and O–H groups in total. The van der Waals surface area contributed by atoms with Crippen LogP contribution in [0, 0.1) is 0 Å². The second-order valence-electron chi connectivity index (χ2n) is 8.04. The third kappa shape index (κ3) is 5.68. The first-order valence-corrected chi connectivity index (χ1v) is 16.0. The second-order valence-corrected chi connectivity index (χ2v) is 13.2. The number of pyridine rings is 1. The van der Waals surface area contributed by atoms with Crippen molar-refractivity contribution in [2.45, 2.75) is 9.10 Å². The van der Waals surface area contributed by atoms with Gasteiger partial charge in [-0.1, -0.05) is 66.7 Å². The first-order chi connectivity index (χ1) is 18.6. The van der Waals surface area contributed by atoms with Crippen molar-refractivity contribution in [2.75, 3.05) is 9.44 Å². The summed E-state index contributed by atoms with van der Waals surface area (Å²) in [5, 5.41) is 1.75. The number of para-hydroxylation sites is 1. The first-order valence-electron chi connectivity index (χ1n) is 11.1. The van der Waals surface area contributed by atoms with Crippen LogP contribution in [0.25, 0.3) is 22.0 Å². The van der Waals surface area contributed by atoms with E-state index in [1.54, 1.807) is 29.6 Å². The summed E-state index contributed by atoms with van der Waals surface area (Å²) in [6.07, 6.45) is 0. The van der Waals surface area contributed by atoms with Crippen LogP contribution >= 0.6 is 11.3 Å². The third-order valence-electron chi connectivity index (χ3n) is 5.53. The molecule has 0 unspecified atom stereocenters. The zero-order chi connectivity index (χ0) is 27.6. The van der Waals surface area contributed by atoms with E-state index in [2.05, 4.69) is 18.8 Å². The molecule has 39 heavy (non-hydrogen) atoms. The quantitative estimate of drug-likeness (QED) is 0.247. The van der Waals surface area contributed by atoms with Gasteiger partial charge in [0.1, 0.15) is 15.6 Å². The number of hydrogen-bond acceptors (Lipinski definition) is 9. The Balaban J connectivity index is 1.65. The minimum Gasteiger partial charge on any atom is -0.274 e. The minimum absolute atomic E-state index is 0.0475. The fourth-order valence-electron chi connectivity index (χ4n) is 3.78. The van der Waals surface area contributed by atoms with E-state index in [1.165, 1.54) is 36.4 Å². The average molecular weight is 599 g/mol. The predicted octanol–water partition coefficient (Wildman–Crippen LogP) is 5.26. The van der Waals surface area contributed by atoms with Crippen molar-refractivity contribution in [3.8, 4) is 11.1 Å². The summed E-state index contributed by atoms with van der Waals surface area (Å²) < 4.78 is 84.4. The summed E-state index contributed by atoms with van der Waals surface area (Å²) in [4.78, 5) is 4.15. The van der Waals surface area contributed by atoms with Crippen molar-refractivity contribution in [3.63, 3.8) is 0 Å². The monoisotopic (exact) mass is 598 g/mol. The summed E-state index contributed by atoms with van der Waals surface area (Å²) in [5.41, 5.74) is 1.11. The van der Waals surface area contributed by atoms with Crippen molar-refractivity contribution >= 4 is 70.0 Å². The van der Waals surface area contributed by atoms with Crippen LogP contribution in [-0.4, -0.2) is 30.2 Å². The topological polar surface area (TPSA) is 152 Å². The molecule has 3 aromatic carbocycles. The maximum Gasteiger partial charge on any atom is 0.316 e. The molecule has 0 fully saturated rings. The van der Waals surface area contributed by atoms with Gasteiger partial charge in [0.2, 0.25) is 0 Å². The lowest BCUT2D eigenvalue weighted by molar-refractivity contribution is 0.599. The highest BCUT2D eigenvalue weighted by molar-refractivity contribution is 7.94. The van der Waals surface area contributed by atoms with Gasteiger partial charge >= 0.3 is 10.5 Å². The molecule has 2 heterocycles. The van der Waals surface area contributed by atoms with Gasteiger partial charge in [-0.25, -0.2) is 21.8 Å². The summed E-state index contributed by atoms with van der Waals surface area (Å²) in [6, 6.07) is 24.5. The molecule has 0 saturated carbocycles. The highest BCUT2D eigenvalue weighted by Gasteiger charge is 2.26. The predicted molar refractivity (Wildman–Crippen MR) is 151 cm³/mol. The number of aromatic nitrogens is 1. The molecule has 0 spiro atoms. The number of fused-ring (bicyclic) bond motifs is 1. The van der Waals surface area contributed by atoms with Gasteiger partial charge in [0, 0.05) is 5.39 Å². The molecule has 0 aliphatic carbocycles. The Morgan fingerprint density at radius 3 is 2.05 bits per heavy atom. The molecule has 0 aliphatic rings. The zero-order valence-electron chi connectivity index (χ0n) is 19.7. The van der Waals surface area contributed by atoms with Gasteiger partial charge in [-0.3, -0.25) is 9.44 Å². The second kappa shape index (κ2) is 10.6. The van der Waals surface area contributed by atoms with Gasteiger partial charge in [0.05, 0.1) is 10.4 Å². The number of thiophene rings is 1. The standard InChI is InChI=1S/C25H18N4O6S4/c30-37(31)27-23-20-9-4-5-10-21(20)26-25(29-39(34,35)22-11-6-16-36-22)24(23)28-38(32,33)19-14-12-18(13-15-19)17-7-2-1-3-8-17/h1-16,28H,(H,26,29). The van der Waals surface area contributed by atoms with Crippen LogP contribution < -0.4 is 9.44 Å². The Labute approximate surface area is 229 Å². The van der Waals surface area contributed by atoms with Gasteiger partial charge in [-0.2, -0.15) is 8.42 Å².